The Hall–Kier alpha value is -4.04. The fourth-order valence-electron chi connectivity index (χ4n) is 5.24. The van der Waals surface area contributed by atoms with Crippen molar-refractivity contribution in [2.24, 2.45) is 0 Å². The molecule has 0 spiro atoms. The van der Waals surface area contributed by atoms with Crippen molar-refractivity contribution < 1.29 is 14.6 Å². The largest absolute Gasteiger partial charge is 0.477 e. The first-order chi connectivity index (χ1) is 19.0. The van der Waals surface area contributed by atoms with Gasteiger partial charge in [-0.3, -0.25) is 0 Å². The number of aryl methyl sites for hydroxylation is 2. The van der Waals surface area contributed by atoms with E-state index < -0.39 is 5.97 Å². The molecule has 0 saturated heterocycles. The Morgan fingerprint density at radius 1 is 1.05 bits per heavy atom. The highest BCUT2D eigenvalue weighted by atomic mass is 16.5. The summed E-state index contributed by atoms with van der Waals surface area (Å²) in [6, 6.07) is 17.3. The molecule has 0 atom stereocenters. The highest BCUT2D eigenvalue weighted by Gasteiger charge is 2.19. The van der Waals surface area contributed by atoms with Crippen molar-refractivity contribution in [3.8, 4) is 6.07 Å². The van der Waals surface area contributed by atoms with Gasteiger partial charge in [-0.25, -0.2) is 4.79 Å². The number of unbranched alkanes of at least 4 members (excludes halogenated alkanes) is 5. The second kappa shape index (κ2) is 13.7. The summed E-state index contributed by atoms with van der Waals surface area (Å²) < 4.78 is 5.75. The molecule has 0 aliphatic carbocycles. The Morgan fingerprint density at radius 2 is 1.82 bits per heavy atom. The lowest BCUT2D eigenvalue weighted by molar-refractivity contribution is -0.132. The predicted octanol–water partition coefficient (Wildman–Crippen LogP) is 8.41. The van der Waals surface area contributed by atoms with E-state index in [2.05, 4.69) is 54.3 Å². The Balaban J connectivity index is 1.43. The van der Waals surface area contributed by atoms with Gasteiger partial charge in [0.25, 0.3) is 0 Å². The number of nitrogens with zero attached hydrogens (tertiary/aromatic N) is 2. The monoisotopic (exact) mass is 522 g/mol. The second-order valence-corrected chi connectivity index (χ2v) is 10.3. The van der Waals surface area contributed by atoms with Crippen LogP contribution >= 0.6 is 0 Å². The highest BCUT2D eigenvalue weighted by molar-refractivity contribution is 5.93. The van der Waals surface area contributed by atoms with Gasteiger partial charge in [-0.2, -0.15) is 5.26 Å². The van der Waals surface area contributed by atoms with Crippen LogP contribution in [0.2, 0.25) is 0 Å². The number of benzene rings is 2. The van der Waals surface area contributed by atoms with Gasteiger partial charge >= 0.3 is 5.97 Å². The number of carboxylic acid groups (broad SMARTS) is 1. The number of rotatable bonds is 11. The summed E-state index contributed by atoms with van der Waals surface area (Å²) in [4.78, 5) is 13.8. The van der Waals surface area contributed by atoms with E-state index >= 15 is 0 Å². The van der Waals surface area contributed by atoms with Gasteiger partial charge in [0.2, 0.25) is 0 Å². The third-order valence-electron chi connectivity index (χ3n) is 7.28. The Kier molecular flexibility index (Phi) is 9.80. The smallest absolute Gasteiger partial charge is 0.347 e. The van der Waals surface area contributed by atoms with Crippen LogP contribution in [0.4, 0.5) is 11.4 Å². The molecule has 0 aromatic heterocycles. The predicted molar refractivity (Wildman–Crippen MR) is 158 cm³/mol. The maximum atomic E-state index is 11.4. The number of allylic oxidation sites excluding steroid dienone is 5. The van der Waals surface area contributed by atoms with Crippen molar-refractivity contribution in [2.45, 2.75) is 71.6 Å². The number of carboxylic acids is 1. The molecule has 202 valence electrons. The van der Waals surface area contributed by atoms with Crippen LogP contribution < -0.4 is 4.90 Å². The maximum absolute atomic E-state index is 11.4. The summed E-state index contributed by atoms with van der Waals surface area (Å²) in [5.41, 5.74) is 6.30. The minimum Gasteiger partial charge on any atom is -0.477 e. The summed E-state index contributed by atoms with van der Waals surface area (Å²) in [6.45, 7) is 5.01. The molecule has 0 fully saturated rings. The summed E-state index contributed by atoms with van der Waals surface area (Å²) in [5, 5.41) is 18.5. The first kappa shape index (κ1) is 28.0. The van der Waals surface area contributed by atoms with Gasteiger partial charge in [0.05, 0.1) is 0 Å². The Morgan fingerprint density at radius 3 is 2.56 bits per heavy atom. The fourth-order valence-corrected chi connectivity index (χ4v) is 5.24. The number of hydrogen-bond donors (Lipinski definition) is 1. The zero-order valence-corrected chi connectivity index (χ0v) is 23.1. The van der Waals surface area contributed by atoms with Crippen LogP contribution in [-0.2, 0) is 22.4 Å². The second-order valence-electron chi connectivity index (χ2n) is 10.3. The van der Waals surface area contributed by atoms with Crippen molar-refractivity contribution in [2.75, 3.05) is 11.4 Å². The molecule has 5 nitrogen and oxygen atoms in total. The quantitative estimate of drug-likeness (QED) is 0.182. The van der Waals surface area contributed by atoms with Crippen LogP contribution in [0.3, 0.4) is 0 Å². The van der Waals surface area contributed by atoms with E-state index in [1.807, 2.05) is 12.2 Å². The minimum atomic E-state index is -1.25. The summed E-state index contributed by atoms with van der Waals surface area (Å²) >= 11 is 0. The number of anilines is 2. The van der Waals surface area contributed by atoms with Gasteiger partial charge < -0.3 is 14.7 Å². The third kappa shape index (κ3) is 7.51. The van der Waals surface area contributed by atoms with Crippen molar-refractivity contribution in [1.82, 2.24) is 0 Å². The molecular formula is C34H38N2O3. The van der Waals surface area contributed by atoms with Gasteiger partial charge in [-0.15, -0.1) is 0 Å². The number of nitriles is 1. The summed E-state index contributed by atoms with van der Waals surface area (Å²) in [5.74, 6) is -0.204. The van der Waals surface area contributed by atoms with Crippen molar-refractivity contribution in [3.63, 3.8) is 0 Å². The Bertz CT molecular complexity index is 1340. The van der Waals surface area contributed by atoms with E-state index in [1.165, 1.54) is 61.0 Å². The zero-order valence-electron chi connectivity index (χ0n) is 23.1. The highest BCUT2D eigenvalue weighted by Crippen LogP contribution is 2.35. The van der Waals surface area contributed by atoms with E-state index in [0.717, 1.165) is 31.4 Å². The Labute approximate surface area is 232 Å². The molecule has 1 N–H and O–H groups in total. The van der Waals surface area contributed by atoms with Gasteiger partial charge in [0, 0.05) is 23.5 Å². The van der Waals surface area contributed by atoms with Crippen LogP contribution in [-0.4, -0.2) is 17.6 Å². The van der Waals surface area contributed by atoms with E-state index in [4.69, 9.17) is 4.74 Å². The summed E-state index contributed by atoms with van der Waals surface area (Å²) in [6.07, 6.45) is 18.2. The maximum Gasteiger partial charge on any atom is 0.347 e. The van der Waals surface area contributed by atoms with Crippen molar-refractivity contribution >= 4 is 23.4 Å². The molecule has 0 saturated carbocycles. The van der Waals surface area contributed by atoms with Crippen LogP contribution in [0.5, 0.6) is 0 Å². The molecule has 0 radical (unpaired) electrons. The molecule has 2 aliphatic heterocycles. The molecule has 2 aromatic rings. The topological polar surface area (TPSA) is 73.6 Å². The third-order valence-corrected chi connectivity index (χ3v) is 7.28. The average molecular weight is 523 g/mol. The first-order valence-corrected chi connectivity index (χ1v) is 14.1. The van der Waals surface area contributed by atoms with E-state index in [1.54, 1.807) is 25.1 Å². The lowest BCUT2D eigenvalue weighted by atomic mass is 9.97. The fraction of sp³-hybridized carbons (Fsp3) is 0.353. The lowest BCUT2D eigenvalue weighted by Crippen LogP contribution is -2.24. The molecule has 5 heteroatoms. The average Bonchev–Trinajstić information content (AvgIpc) is 2.93. The standard InChI is InChI=1S/C34H38N2O3/c1-3-4-5-6-7-8-10-26-12-16-30(17-13-26)36-20-9-11-28-22-27(15-19-33(28)36)14-18-31-23-29(21-25(2)39-31)32(24-35)34(37)38/h12-19,21-23H,3-11,20H2,1-2H3,(H,37,38)/b18-14+,32-29+. The zero-order chi connectivity index (χ0) is 27.6. The van der Waals surface area contributed by atoms with Gasteiger partial charge in [0.15, 0.2) is 0 Å². The van der Waals surface area contributed by atoms with Crippen LogP contribution in [0.25, 0.3) is 6.08 Å². The summed E-state index contributed by atoms with van der Waals surface area (Å²) in [7, 11) is 0. The molecular weight excluding hydrogens is 484 g/mol. The minimum absolute atomic E-state index is 0.298. The van der Waals surface area contributed by atoms with E-state index in [-0.39, 0.29) is 5.57 Å². The number of carbonyl (C=O) groups is 1. The van der Waals surface area contributed by atoms with Crippen molar-refractivity contribution in [3.05, 3.63) is 100 Å². The van der Waals surface area contributed by atoms with Crippen LogP contribution in [0.1, 0.15) is 75.5 Å². The molecule has 0 bridgehead atoms. The van der Waals surface area contributed by atoms with Crippen molar-refractivity contribution in [1.29, 1.82) is 5.26 Å². The molecule has 2 aliphatic rings. The number of aliphatic carboxylic acids is 1. The normalized spacial score (nSPS) is 16.2. The molecule has 4 rings (SSSR count). The molecule has 2 aromatic carbocycles. The number of ether oxygens (including phenoxy) is 1. The van der Waals surface area contributed by atoms with E-state index in [9.17, 15) is 15.2 Å². The van der Waals surface area contributed by atoms with E-state index in [0.29, 0.717) is 17.1 Å². The number of fused-ring (bicyclic) bond motifs is 1. The SMILES string of the molecule is CCCCCCCCc1ccc(N2CCCc3cc(/C=C/C4=CC(=C(\C#N)C(=O)O)/C=C(C)O4)ccc32)cc1. The first-order valence-electron chi connectivity index (χ1n) is 14.1. The number of hydrogen-bond acceptors (Lipinski definition) is 4. The van der Waals surface area contributed by atoms with Gasteiger partial charge in [-0.05, 0) is 91.8 Å². The molecule has 39 heavy (non-hydrogen) atoms. The lowest BCUT2D eigenvalue weighted by Gasteiger charge is -2.31. The van der Waals surface area contributed by atoms with Gasteiger partial charge in [-0.1, -0.05) is 63.3 Å². The molecule has 0 unspecified atom stereocenters. The van der Waals surface area contributed by atoms with Crippen LogP contribution in [0.15, 0.2) is 83.4 Å². The molecule has 0 amide bonds. The molecule has 2 heterocycles. The van der Waals surface area contributed by atoms with Crippen LogP contribution in [0, 0.1) is 11.3 Å². The van der Waals surface area contributed by atoms with Gasteiger partial charge in [0.1, 0.15) is 23.2 Å².